The lowest BCUT2D eigenvalue weighted by Crippen LogP contribution is -2.50. The maximum Gasteiger partial charge on any atom is 0.270 e. The molecule has 0 atom stereocenters. The minimum absolute atomic E-state index is 0.0829. The number of amides is 1. The first kappa shape index (κ1) is 18.9. The lowest BCUT2D eigenvalue weighted by Gasteiger charge is -2.36. The van der Waals surface area contributed by atoms with Gasteiger partial charge in [0.1, 0.15) is 6.07 Å². The smallest absolute Gasteiger partial charge is 0.270 e. The molecule has 0 aliphatic carbocycles. The number of hydrogen-bond acceptors (Lipinski definition) is 6. The number of fused-ring (bicyclic) bond motifs is 1. The Hall–Kier alpha value is -3.44. The van der Waals surface area contributed by atoms with Crippen LogP contribution in [0.2, 0.25) is 0 Å². The summed E-state index contributed by atoms with van der Waals surface area (Å²) in [6.07, 6.45) is 0.896. The van der Waals surface area contributed by atoms with Crippen molar-refractivity contribution in [1.82, 2.24) is 4.90 Å². The van der Waals surface area contributed by atoms with Crippen molar-refractivity contribution in [2.75, 3.05) is 49.1 Å². The van der Waals surface area contributed by atoms with Crippen LogP contribution in [0.15, 0.2) is 42.5 Å². The maximum absolute atomic E-state index is 12.8. The Morgan fingerprint density at radius 3 is 2.55 bits per heavy atom. The normalized spacial score (nSPS) is 16.4. The third-order valence-corrected chi connectivity index (χ3v) is 5.57. The quantitative estimate of drug-likeness (QED) is 0.586. The predicted molar refractivity (Wildman–Crippen MR) is 109 cm³/mol. The highest BCUT2D eigenvalue weighted by Crippen LogP contribution is 2.28. The van der Waals surface area contributed by atoms with E-state index in [1.807, 2.05) is 23.1 Å². The van der Waals surface area contributed by atoms with Crippen LogP contribution in [0.4, 0.5) is 17.1 Å². The number of non-ortho nitro benzene ring substituents is 1. The van der Waals surface area contributed by atoms with Gasteiger partial charge in [0.15, 0.2) is 0 Å². The molecule has 0 bridgehead atoms. The molecule has 2 aliphatic rings. The van der Waals surface area contributed by atoms with Gasteiger partial charge in [0.25, 0.3) is 5.69 Å². The van der Waals surface area contributed by atoms with E-state index in [0.717, 1.165) is 18.7 Å². The Morgan fingerprint density at radius 2 is 1.83 bits per heavy atom. The van der Waals surface area contributed by atoms with E-state index in [2.05, 4.69) is 21.9 Å². The lowest BCUT2D eigenvalue weighted by atomic mass is 10.1. The van der Waals surface area contributed by atoms with Gasteiger partial charge in [-0.3, -0.25) is 19.8 Å². The topological polar surface area (TPSA) is 93.7 Å². The van der Waals surface area contributed by atoms with Crippen molar-refractivity contribution < 1.29 is 9.72 Å². The van der Waals surface area contributed by atoms with Gasteiger partial charge in [-0.25, -0.2) is 0 Å². The molecule has 2 aromatic carbocycles. The standard InChI is InChI=1S/C21H21N5O3/c22-14-17-13-18(26(28)29)5-6-19(17)24-11-9-23(10-12-24)15-21(27)25-8-7-16-3-1-2-4-20(16)25/h1-6,13H,7-12,15H2. The molecule has 0 unspecified atom stereocenters. The van der Waals surface area contributed by atoms with Gasteiger partial charge in [-0.2, -0.15) is 5.26 Å². The number of carbonyl (C=O) groups is 1. The first-order chi connectivity index (χ1) is 14.1. The van der Waals surface area contributed by atoms with Gasteiger partial charge in [-0.15, -0.1) is 0 Å². The number of benzene rings is 2. The Kier molecular flexibility index (Phi) is 5.14. The fourth-order valence-corrected chi connectivity index (χ4v) is 4.02. The second kappa shape index (κ2) is 7.89. The molecule has 8 nitrogen and oxygen atoms in total. The summed E-state index contributed by atoms with van der Waals surface area (Å²) < 4.78 is 0. The monoisotopic (exact) mass is 391 g/mol. The Morgan fingerprint density at radius 1 is 1.07 bits per heavy atom. The Labute approximate surface area is 168 Å². The Bertz CT molecular complexity index is 992. The van der Waals surface area contributed by atoms with Gasteiger partial charge in [0, 0.05) is 50.5 Å². The number of piperazine rings is 1. The highest BCUT2D eigenvalue weighted by atomic mass is 16.6. The highest BCUT2D eigenvalue weighted by Gasteiger charge is 2.27. The number of carbonyl (C=O) groups excluding carboxylic acids is 1. The summed E-state index contributed by atoms with van der Waals surface area (Å²) in [4.78, 5) is 29.3. The molecule has 2 heterocycles. The first-order valence-corrected chi connectivity index (χ1v) is 9.61. The maximum atomic E-state index is 12.8. The van der Waals surface area contributed by atoms with E-state index in [1.165, 1.54) is 17.7 Å². The highest BCUT2D eigenvalue weighted by molar-refractivity contribution is 5.96. The summed E-state index contributed by atoms with van der Waals surface area (Å²) in [5.41, 5.74) is 3.16. The molecule has 2 aliphatic heterocycles. The molecule has 2 aromatic rings. The average molecular weight is 391 g/mol. The van der Waals surface area contributed by atoms with E-state index in [-0.39, 0.29) is 11.6 Å². The zero-order valence-corrected chi connectivity index (χ0v) is 16.0. The van der Waals surface area contributed by atoms with Crippen molar-refractivity contribution in [2.24, 2.45) is 0 Å². The largest absolute Gasteiger partial charge is 0.368 e. The lowest BCUT2D eigenvalue weighted by molar-refractivity contribution is -0.384. The molecule has 0 radical (unpaired) electrons. The van der Waals surface area contributed by atoms with Crippen molar-refractivity contribution in [3.8, 4) is 6.07 Å². The molecule has 0 saturated carbocycles. The molecule has 29 heavy (non-hydrogen) atoms. The van der Waals surface area contributed by atoms with Crippen molar-refractivity contribution in [3.63, 3.8) is 0 Å². The van der Waals surface area contributed by atoms with E-state index in [0.29, 0.717) is 44.0 Å². The minimum atomic E-state index is -0.495. The molecule has 4 rings (SSSR count). The summed E-state index contributed by atoms with van der Waals surface area (Å²) >= 11 is 0. The van der Waals surface area contributed by atoms with Gasteiger partial charge in [0.05, 0.1) is 22.7 Å². The number of anilines is 2. The van der Waals surface area contributed by atoms with Crippen LogP contribution < -0.4 is 9.80 Å². The van der Waals surface area contributed by atoms with Crippen molar-refractivity contribution in [3.05, 3.63) is 63.7 Å². The van der Waals surface area contributed by atoms with Crippen LogP contribution in [0.1, 0.15) is 11.1 Å². The van der Waals surface area contributed by atoms with Crippen LogP contribution in [0, 0.1) is 21.4 Å². The number of nitro groups is 1. The Balaban J connectivity index is 1.37. The molecule has 0 aromatic heterocycles. The molecular formula is C21H21N5O3. The third-order valence-electron chi connectivity index (χ3n) is 5.57. The zero-order chi connectivity index (χ0) is 20.4. The van der Waals surface area contributed by atoms with Gasteiger partial charge in [-0.1, -0.05) is 18.2 Å². The summed E-state index contributed by atoms with van der Waals surface area (Å²) in [5.74, 6) is 0.108. The molecule has 1 amide bonds. The molecular weight excluding hydrogens is 370 g/mol. The fourth-order valence-electron chi connectivity index (χ4n) is 4.02. The van der Waals surface area contributed by atoms with Crippen LogP contribution in [0.5, 0.6) is 0 Å². The molecule has 1 saturated heterocycles. The molecule has 0 spiro atoms. The SMILES string of the molecule is N#Cc1cc([N+](=O)[O-])ccc1N1CCN(CC(=O)N2CCc3ccccc32)CC1. The van der Waals surface area contributed by atoms with Crippen LogP contribution >= 0.6 is 0 Å². The number of nitrogens with zero attached hydrogens (tertiary/aromatic N) is 5. The van der Waals surface area contributed by atoms with Crippen molar-refractivity contribution in [2.45, 2.75) is 6.42 Å². The van der Waals surface area contributed by atoms with Gasteiger partial charge < -0.3 is 9.80 Å². The number of rotatable bonds is 4. The first-order valence-electron chi connectivity index (χ1n) is 9.61. The van der Waals surface area contributed by atoms with Crippen LogP contribution in [0.3, 0.4) is 0 Å². The van der Waals surface area contributed by atoms with E-state index in [4.69, 9.17) is 0 Å². The third kappa shape index (κ3) is 3.77. The molecule has 1 fully saturated rings. The summed E-state index contributed by atoms with van der Waals surface area (Å²) in [5, 5.41) is 20.3. The van der Waals surface area contributed by atoms with Crippen molar-refractivity contribution >= 4 is 23.0 Å². The average Bonchev–Trinajstić information content (AvgIpc) is 3.18. The van der Waals surface area contributed by atoms with Gasteiger partial charge in [-0.05, 0) is 24.1 Å². The predicted octanol–water partition coefficient (Wildman–Crippen LogP) is 2.18. The van der Waals surface area contributed by atoms with Crippen molar-refractivity contribution in [1.29, 1.82) is 5.26 Å². The van der Waals surface area contributed by atoms with E-state index in [9.17, 15) is 20.2 Å². The summed E-state index contributed by atoms with van der Waals surface area (Å²) in [6.45, 7) is 3.82. The van der Waals surface area contributed by atoms with E-state index >= 15 is 0 Å². The summed E-state index contributed by atoms with van der Waals surface area (Å²) in [6, 6.07) is 14.5. The number of nitro benzene ring substituents is 1. The fraction of sp³-hybridized carbons (Fsp3) is 0.333. The number of nitriles is 1. The van der Waals surface area contributed by atoms with E-state index in [1.54, 1.807) is 6.07 Å². The molecule has 148 valence electrons. The number of para-hydroxylation sites is 1. The minimum Gasteiger partial charge on any atom is -0.368 e. The van der Waals surface area contributed by atoms with Crippen LogP contribution in [-0.2, 0) is 11.2 Å². The second-order valence-electron chi connectivity index (χ2n) is 7.26. The van der Waals surface area contributed by atoms with Gasteiger partial charge in [0.2, 0.25) is 5.91 Å². The molecule has 8 heteroatoms. The molecule has 0 N–H and O–H groups in total. The summed E-state index contributed by atoms with van der Waals surface area (Å²) in [7, 11) is 0. The van der Waals surface area contributed by atoms with Crippen LogP contribution in [-0.4, -0.2) is 55.0 Å². The zero-order valence-electron chi connectivity index (χ0n) is 16.0. The number of hydrogen-bond donors (Lipinski definition) is 0. The van der Waals surface area contributed by atoms with E-state index < -0.39 is 4.92 Å². The van der Waals surface area contributed by atoms with Crippen LogP contribution in [0.25, 0.3) is 0 Å². The second-order valence-corrected chi connectivity index (χ2v) is 7.26. The van der Waals surface area contributed by atoms with Gasteiger partial charge >= 0.3 is 0 Å².